The molecule has 5 heteroatoms. The summed E-state index contributed by atoms with van der Waals surface area (Å²) >= 11 is 0. The third-order valence-electron chi connectivity index (χ3n) is 4.62. The number of ether oxygens (including phenoxy) is 1. The van der Waals surface area contributed by atoms with Crippen molar-refractivity contribution in [1.82, 2.24) is 10.6 Å². The van der Waals surface area contributed by atoms with Gasteiger partial charge in [0.15, 0.2) is 5.96 Å². The molecular formula is C17H25N3O2. The van der Waals surface area contributed by atoms with Gasteiger partial charge in [0.1, 0.15) is 5.60 Å². The highest BCUT2D eigenvalue weighted by Gasteiger charge is 2.36. The highest BCUT2D eigenvalue weighted by Crippen LogP contribution is 2.36. The fourth-order valence-electron chi connectivity index (χ4n) is 3.32. The van der Waals surface area contributed by atoms with E-state index in [9.17, 15) is 5.11 Å². The number of hydrogen-bond acceptors (Lipinski definition) is 3. The molecule has 2 atom stereocenters. The van der Waals surface area contributed by atoms with Crippen molar-refractivity contribution in [2.24, 2.45) is 4.99 Å². The minimum absolute atomic E-state index is 0.272. The Morgan fingerprint density at radius 3 is 3.05 bits per heavy atom. The summed E-state index contributed by atoms with van der Waals surface area (Å²) in [4.78, 5) is 4.22. The normalized spacial score (nSPS) is 27.7. The van der Waals surface area contributed by atoms with Crippen molar-refractivity contribution in [2.45, 2.75) is 37.4 Å². The molecule has 1 heterocycles. The van der Waals surface area contributed by atoms with Crippen LogP contribution in [0.25, 0.3) is 0 Å². The summed E-state index contributed by atoms with van der Waals surface area (Å²) in [5.41, 5.74) is 1.48. The van der Waals surface area contributed by atoms with E-state index in [1.807, 2.05) is 18.2 Å². The molecule has 5 nitrogen and oxygen atoms in total. The van der Waals surface area contributed by atoms with Gasteiger partial charge >= 0.3 is 0 Å². The second-order valence-electron chi connectivity index (χ2n) is 6.13. The molecule has 0 radical (unpaired) electrons. The van der Waals surface area contributed by atoms with E-state index < -0.39 is 5.60 Å². The Bertz CT molecular complexity index is 540. The zero-order chi connectivity index (χ0) is 15.4. The topological polar surface area (TPSA) is 65.9 Å². The van der Waals surface area contributed by atoms with Crippen LogP contribution < -0.4 is 10.6 Å². The van der Waals surface area contributed by atoms with Crippen LogP contribution in [-0.4, -0.2) is 43.9 Å². The number of aliphatic hydroxyl groups is 1. The molecule has 2 unspecified atom stereocenters. The number of hydrogen-bond donors (Lipinski definition) is 3. The number of aryl methyl sites for hydroxylation is 1. The van der Waals surface area contributed by atoms with Crippen molar-refractivity contribution in [3.8, 4) is 0 Å². The number of nitrogens with zero attached hydrogens (tertiary/aromatic N) is 1. The van der Waals surface area contributed by atoms with E-state index in [4.69, 9.17) is 4.74 Å². The van der Waals surface area contributed by atoms with Gasteiger partial charge in [0.2, 0.25) is 0 Å². The van der Waals surface area contributed by atoms with Crippen LogP contribution >= 0.6 is 0 Å². The van der Waals surface area contributed by atoms with Gasteiger partial charge in [-0.1, -0.05) is 24.3 Å². The fourth-order valence-corrected chi connectivity index (χ4v) is 3.32. The maximum absolute atomic E-state index is 10.9. The van der Waals surface area contributed by atoms with Gasteiger partial charge in [-0.15, -0.1) is 0 Å². The quantitative estimate of drug-likeness (QED) is 0.577. The average molecular weight is 303 g/mol. The van der Waals surface area contributed by atoms with Gasteiger partial charge in [0.05, 0.1) is 12.6 Å². The molecule has 120 valence electrons. The van der Waals surface area contributed by atoms with E-state index in [0.29, 0.717) is 12.5 Å². The lowest BCUT2D eigenvalue weighted by atomic mass is 9.96. The summed E-state index contributed by atoms with van der Waals surface area (Å²) in [5.74, 6) is 0.716. The Morgan fingerprint density at radius 1 is 1.41 bits per heavy atom. The standard InChI is InChI=1S/C17H25N3O2/c1-18-16(19-11-14-6-4-10-22-14)20-12-17(21)9-8-13-5-2-3-7-15(13)17/h2-3,5,7,14,21H,4,6,8-12H2,1H3,(H2,18,19,20). The molecule has 22 heavy (non-hydrogen) atoms. The van der Waals surface area contributed by atoms with Crippen molar-refractivity contribution < 1.29 is 9.84 Å². The number of fused-ring (bicyclic) bond motifs is 1. The molecule has 0 bridgehead atoms. The van der Waals surface area contributed by atoms with Gasteiger partial charge in [0, 0.05) is 20.2 Å². The minimum atomic E-state index is -0.807. The van der Waals surface area contributed by atoms with E-state index in [1.54, 1.807) is 7.05 Å². The zero-order valence-corrected chi connectivity index (χ0v) is 13.1. The summed E-state index contributed by atoms with van der Waals surface area (Å²) in [6, 6.07) is 8.13. The van der Waals surface area contributed by atoms with Crippen molar-refractivity contribution >= 4 is 5.96 Å². The number of nitrogens with one attached hydrogen (secondary N) is 2. The lowest BCUT2D eigenvalue weighted by Gasteiger charge is -2.26. The molecule has 0 spiro atoms. The Hall–Kier alpha value is -1.59. The second-order valence-corrected chi connectivity index (χ2v) is 6.13. The Kier molecular flexibility index (Phi) is 4.64. The van der Waals surface area contributed by atoms with Gasteiger partial charge in [0.25, 0.3) is 0 Å². The highest BCUT2D eigenvalue weighted by atomic mass is 16.5. The minimum Gasteiger partial charge on any atom is -0.383 e. The van der Waals surface area contributed by atoms with Crippen LogP contribution in [0.15, 0.2) is 29.3 Å². The molecule has 1 aliphatic carbocycles. The van der Waals surface area contributed by atoms with Crippen LogP contribution in [0.1, 0.15) is 30.4 Å². The van der Waals surface area contributed by atoms with E-state index in [-0.39, 0.29) is 6.10 Å². The van der Waals surface area contributed by atoms with Crippen molar-refractivity contribution in [1.29, 1.82) is 0 Å². The number of aliphatic imine (C=N–C) groups is 1. The van der Waals surface area contributed by atoms with E-state index in [2.05, 4.69) is 21.7 Å². The zero-order valence-electron chi connectivity index (χ0n) is 13.1. The summed E-state index contributed by atoms with van der Waals surface area (Å²) in [6.45, 7) is 2.08. The average Bonchev–Trinajstić information content (AvgIpc) is 3.17. The van der Waals surface area contributed by atoms with E-state index in [0.717, 1.165) is 44.4 Å². The molecule has 1 fully saturated rings. The summed E-state index contributed by atoms with van der Waals surface area (Å²) in [7, 11) is 1.75. The number of rotatable bonds is 4. The van der Waals surface area contributed by atoms with Gasteiger partial charge in [-0.05, 0) is 36.8 Å². The SMILES string of the molecule is CN=C(NCC1CCCO1)NCC1(O)CCc2ccccc21. The molecular weight excluding hydrogens is 278 g/mol. The maximum atomic E-state index is 10.9. The smallest absolute Gasteiger partial charge is 0.191 e. The number of benzene rings is 1. The first-order valence-electron chi connectivity index (χ1n) is 8.08. The Morgan fingerprint density at radius 2 is 2.27 bits per heavy atom. The van der Waals surface area contributed by atoms with Gasteiger partial charge in [-0.3, -0.25) is 4.99 Å². The monoisotopic (exact) mass is 303 g/mol. The van der Waals surface area contributed by atoms with E-state index in [1.165, 1.54) is 5.56 Å². The van der Waals surface area contributed by atoms with Crippen molar-refractivity contribution in [3.63, 3.8) is 0 Å². The van der Waals surface area contributed by atoms with Gasteiger partial charge in [-0.25, -0.2) is 0 Å². The van der Waals surface area contributed by atoms with Gasteiger partial charge < -0.3 is 20.5 Å². The van der Waals surface area contributed by atoms with Crippen LogP contribution in [0.3, 0.4) is 0 Å². The largest absolute Gasteiger partial charge is 0.383 e. The molecule has 0 amide bonds. The second kappa shape index (κ2) is 6.67. The molecule has 1 saturated heterocycles. The van der Waals surface area contributed by atoms with Crippen LogP contribution in [0.5, 0.6) is 0 Å². The molecule has 1 aromatic rings. The maximum Gasteiger partial charge on any atom is 0.191 e. The lowest BCUT2D eigenvalue weighted by Crippen LogP contribution is -2.46. The molecule has 0 saturated carbocycles. The molecule has 0 aromatic heterocycles. The molecule has 3 N–H and O–H groups in total. The summed E-state index contributed by atoms with van der Waals surface area (Å²) < 4.78 is 5.60. The van der Waals surface area contributed by atoms with Crippen LogP contribution in [0.4, 0.5) is 0 Å². The number of guanidine groups is 1. The third kappa shape index (κ3) is 3.25. The Labute approximate surface area is 131 Å². The first kappa shape index (κ1) is 15.3. The summed E-state index contributed by atoms with van der Waals surface area (Å²) in [5, 5.41) is 17.4. The van der Waals surface area contributed by atoms with E-state index >= 15 is 0 Å². The first-order valence-corrected chi connectivity index (χ1v) is 8.08. The van der Waals surface area contributed by atoms with Crippen molar-refractivity contribution in [3.05, 3.63) is 35.4 Å². The van der Waals surface area contributed by atoms with Crippen LogP contribution in [-0.2, 0) is 16.8 Å². The molecule has 2 aliphatic rings. The Balaban J connectivity index is 1.54. The predicted octanol–water partition coefficient (Wildman–Crippen LogP) is 1.16. The summed E-state index contributed by atoms with van der Waals surface area (Å²) in [6.07, 6.45) is 4.18. The third-order valence-corrected chi connectivity index (χ3v) is 4.62. The lowest BCUT2D eigenvalue weighted by molar-refractivity contribution is 0.0431. The molecule has 1 aliphatic heterocycles. The van der Waals surface area contributed by atoms with Crippen LogP contribution in [0.2, 0.25) is 0 Å². The molecule has 3 rings (SSSR count). The van der Waals surface area contributed by atoms with Gasteiger partial charge in [-0.2, -0.15) is 0 Å². The molecule has 1 aromatic carbocycles. The van der Waals surface area contributed by atoms with Crippen LogP contribution in [0, 0.1) is 0 Å². The fraction of sp³-hybridized carbons (Fsp3) is 0.588. The first-order chi connectivity index (χ1) is 10.7. The predicted molar refractivity (Wildman–Crippen MR) is 87.0 cm³/mol. The highest BCUT2D eigenvalue weighted by molar-refractivity contribution is 5.79. The van der Waals surface area contributed by atoms with Crippen molar-refractivity contribution in [2.75, 3.05) is 26.7 Å².